The molecule has 8 nitrogen and oxygen atoms in total. The Balaban J connectivity index is 3.68. The van der Waals surface area contributed by atoms with Gasteiger partial charge < -0.3 is 15.7 Å². The van der Waals surface area contributed by atoms with E-state index in [0.717, 1.165) is 0 Å². The highest BCUT2D eigenvalue weighted by molar-refractivity contribution is 7.99. The number of rotatable bonds is 9. The molecule has 0 aliphatic carbocycles. The monoisotopic (exact) mass is 291 g/mol. The maximum Gasteiger partial charge on any atom is 0.326 e. The van der Waals surface area contributed by atoms with Crippen molar-refractivity contribution in [2.24, 2.45) is 0 Å². The molecule has 0 saturated heterocycles. The van der Waals surface area contributed by atoms with E-state index in [1.165, 1.54) is 18.8 Å². The van der Waals surface area contributed by atoms with E-state index in [9.17, 15) is 19.2 Å². The fourth-order valence-electron chi connectivity index (χ4n) is 1.08. The summed E-state index contributed by atoms with van der Waals surface area (Å²) in [5.74, 6) is -0.529. The van der Waals surface area contributed by atoms with E-state index in [4.69, 9.17) is 5.11 Å². The highest BCUT2D eigenvalue weighted by Gasteiger charge is 2.15. The van der Waals surface area contributed by atoms with Crippen molar-refractivity contribution in [1.29, 1.82) is 0 Å². The van der Waals surface area contributed by atoms with Crippen LogP contribution in [-0.2, 0) is 14.4 Å². The molecule has 0 bridgehead atoms. The zero-order valence-electron chi connectivity index (χ0n) is 10.5. The number of carbonyl (C=O) groups is 4. The van der Waals surface area contributed by atoms with Gasteiger partial charge in [-0.2, -0.15) is 11.8 Å². The zero-order chi connectivity index (χ0) is 14.7. The minimum atomic E-state index is -1.09. The third-order valence-electron chi connectivity index (χ3n) is 2.07. The summed E-state index contributed by atoms with van der Waals surface area (Å²) in [5.41, 5.74) is 0. The van der Waals surface area contributed by atoms with Crippen molar-refractivity contribution in [2.75, 3.05) is 18.6 Å². The number of carboxylic acids is 1. The molecule has 4 N–H and O–H groups in total. The minimum absolute atomic E-state index is 0.164. The average Bonchev–Trinajstić information content (AvgIpc) is 2.36. The second-order valence-corrected chi connectivity index (χ2v) is 4.68. The van der Waals surface area contributed by atoms with Crippen LogP contribution in [0, 0.1) is 0 Å². The predicted molar refractivity (Wildman–Crippen MR) is 69.8 cm³/mol. The lowest BCUT2D eigenvalue weighted by atomic mass is 10.2. The van der Waals surface area contributed by atoms with E-state index in [1.807, 2.05) is 0 Å². The van der Waals surface area contributed by atoms with Crippen molar-refractivity contribution in [1.82, 2.24) is 16.0 Å². The maximum absolute atomic E-state index is 11.2. The lowest BCUT2D eigenvalue weighted by Gasteiger charge is -2.10. The van der Waals surface area contributed by atoms with Crippen LogP contribution in [0.5, 0.6) is 0 Å². The Labute approximate surface area is 114 Å². The smallest absolute Gasteiger partial charge is 0.326 e. The van der Waals surface area contributed by atoms with Crippen LogP contribution in [0.2, 0.25) is 0 Å². The van der Waals surface area contributed by atoms with Crippen LogP contribution in [-0.4, -0.2) is 54.0 Å². The van der Waals surface area contributed by atoms with Gasteiger partial charge in [0.2, 0.25) is 12.3 Å². The van der Waals surface area contributed by atoms with E-state index in [-0.39, 0.29) is 12.8 Å². The molecule has 0 radical (unpaired) electrons. The van der Waals surface area contributed by atoms with Gasteiger partial charge in [0.15, 0.2) is 0 Å². The van der Waals surface area contributed by atoms with E-state index >= 15 is 0 Å². The molecular formula is C10H17N3O5S. The number of thioether (sulfide) groups is 1. The van der Waals surface area contributed by atoms with Gasteiger partial charge in [-0.15, -0.1) is 0 Å². The SMILES string of the molecule is CNC(=O)NC(=O)CCSCCC(NC=O)C(=O)O. The van der Waals surface area contributed by atoms with Gasteiger partial charge >= 0.3 is 12.0 Å². The first-order valence-electron chi connectivity index (χ1n) is 5.53. The van der Waals surface area contributed by atoms with Crippen LogP contribution >= 0.6 is 11.8 Å². The Morgan fingerprint density at radius 3 is 2.53 bits per heavy atom. The second kappa shape index (κ2) is 10.2. The maximum atomic E-state index is 11.2. The predicted octanol–water partition coefficient (Wildman–Crippen LogP) is -0.845. The van der Waals surface area contributed by atoms with Gasteiger partial charge in [-0.1, -0.05) is 0 Å². The molecule has 1 atom stereocenters. The molecule has 0 aromatic rings. The summed E-state index contributed by atoms with van der Waals surface area (Å²) in [5, 5.41) is 15.3. The van der Waals surface area contributed by atoms with Crippen LogP contribution in [0.3, 0.4) is 0 Å². The highest BCUT2D eigenvalue weighted by atomic mass is 32.2. The fraction of sp³-hybridized carbons (Fsp3) is 0.600. The molecule has 0 aliphatic heterocycles. The molecule has 108 valence electrons. The number of carboxylic acid groups (broad SMARTS) is 1. The summed E-state index contributed by atoms with van der Waals surface area (Å²) in [6, 6.07) is -1.47. The summed E-state index contributed by atoms with van der Waals surface area (Å²) >= 11 is 1.38. The summed E-state index contributed by atoms with van der Waals surface area (Å²) < 4.78 is 0. The first-order chi connectivity index (χ1) is 9.01. The van der Waals surface area contributed by atoms with Crippen molar-refractivity contribution in [2.45, 2.75) is 18.9 Å². The second-order valence-electron chi connectivity index (χ2n) is 3.45. The van der Waals surface area contributed by atoms with Gasteiger partial charge in [-0.05, 0) is 12.2 Å². The summed E-state index contributed by atoms with van der Waals surface area (Å²) in [7, 11) is 1.41. The number of hydrogen-bond donors (Lipinski definition) is 4. The van der Waals surface area contributed by atoms with Crippen molar-refractivity contribution in [3.05, 3.63) is 0 Å². The molecule has 0 aliphatic rings. The van der Waals surface area contributed by atoms with Crippen molar-refractivity contribution < 1.29 is 24.3 Å². The van der Waals surface area contributed by atoms with E-state index in [2.05, 4.69) is 16.0 Å². The number of amides is 4. The molecule has 9 heteroatoms. The average molecular weight is 291 g/mol. The van der Waals surface area contributed by atoms with Crippen LogP contribution in [0.4, 0.5) is 4.79 Å². The van der Waals surface area contributed by atoms with E-state index in [0.29, 0.717) is 17.9 Å². The Bertz CT molecular complexity index is 337. The van der Waals surface area contributed by atoms with Crippen LogP contribution in [0.25, 0.3) is 0 Å². The van der Waals surface area contributed by atoms with Crippen LogP contribution in [0.15, 0.2) is 0 Å². The normalized spacial score (nSPS) is 11.2. The Morgan fingerprint density at radius 2 is 2.00 bits per heavy atom. The standard InChI is InChI=1S/C10H17N3O5S/c1-11-10(18)13-8(15)3-5-19-4-2-7(9(16)17)12-6-14/h6-7H,2-5H2,1H3,(H,12,14)(H,16,17)(H2,11,13,15,18). The largest absolute Gasteiger partial charge is 0.480 e. The number of imide groups is 1. The molecule has 0 aromatic carbocycles. The van der Waals surface area contributed by atoms with Gasteiger partial charge in [0.1, 0.15) is 6.04 Å². The number of nitrogens with one attached hydrogen (secondary N) is 3. The Kier molecular flexibility index (Phi) is 9.23. The van der Waals surface area contributed by atoms with E-state index < -0.39 is 23.9 Å². The van der Waals surface area contributed by atoms with Crippen LogP contribution < -0.4 is 16.0 Å². The van der Waals surface area contributed by atoms with Crippen molar-refractivity contribution >= 4 is 36.1 Å². The highest BCUT2D eigenvalue weighted by Crippen LogP contribution is 2.06. The van der Waals surface area contributed by atoms with Crippen molar-refractivity contribution in [3.8, 4) is 0 Å². The quantitative estimate of drug-likeness (QED) is 0.324. The first-order valence-corrected chi connectivity index (χ1v) is 6.68. The number of hydrogen-bond acceptors (Lipinski definition) is 5. The van der Waals surface area contributed by atoms with Gasteiger partial charge in [0.25, 0.3) is 0 Å². The molecule has 4 amide bonds. The summed E-state index contributed by atoms with van der Waals surface area (Å²) in [6.07, 6.45) is 0.785. The molecule has 0 fully saturated rings. The lowest BCUT2D eigenvalue weighted by molar-refractivity contribution is -0.140. The third-order valence-corrected chi connectivity index (χ3v) is 3.09. The topological polar surface area (TPSA) is 125 Å². The minimum Gasteiger partial charge on any atom is -0.480 e. The lowest BCUT2D eigenvalue weighted by Crippen LogP contribution is -2.37. The van der Waals surface area contributed by atoms with E-state index in [1.54, 1.807) is 0 Å². The molecule has 0 rings (SSSR count). The number of urea groups is 1. The number of aliphatic carboxylic acids is 1. The molecule has 0 spiro atoms. The molecule has 19 heavy (non-hydrogen) atoms. The molecule has 1 unspecified atom stereocenters. The Morgan fingerprint density at radius 1 is 1.32 bits per heavy atom. The molecule has 0 aromatic heterocycles. The molecular weight excluding hydrogens is 274 g/mol. The zero-order valence-corrected chi connectivity index (χ0v) is 11.3. The third kappa shape index (κ3) is 8.89. The van der Waals surface area contributed by atoms with Gasteiger partial charge in [-0.3, -0.25) is 14.9 Å². The summed E-state index contributed by atoms with van der Waals surface area (Å²) in [6.45, 7) is 0. The summed E-state index contributed by atoms with van der Waals surface area (Å²) in [4.78, 5) is 42.8. The van der Waals surface area contributed by atoms with Crippen molar-refractivity contribution in [3.63, 3.8) is 0 Å². The van der Waals surface area contributed by atoms with Gasteiger partial charge in [0.05, 0.1) is 0 Å². The Hall–Kier alpha value is -1.77. The molecule has 0 heterocycles. The fourth-order valence-corrected chi connectivity index (χ4v) is 2.02. The molecule has 0 saturated carbocycles. The van der Waals surface area contributed by atoms with Gasteiger partial charge in [-0.25, -0.2) is 9.59 Å². The first kappa shape index (κ1) is 17.2. The van der Waals surface area contributed by atoms with Gasteiger partial charge in [0, 0.05) is 19.2 Å². The van der Waals surface area contributed by atoms with Crippen LogP contribution in [0.1, 0.15) is 12.8 Å². The number of carbonyl (C=O) groups excluding carboxylic acids is 3.